The number of hydrogen-bond acceptors (Lipinski definition) is 5. The SMILES string of the molecule is COC(=O)c1cc2c3c(cc(C(C)=O)c2[nH]1)CC(CN)O3.Cl. The number of benzene rings is 1. The highest BCUT2D eigenvalue weighted by molar-refractivity contribution is 6.10. The highest BCUT2D eigenvalue weighted by Gasteiger charge is 2.28. The number of carbonyl (C=O) groups excluding carboxylic acids is 2. The van der Waals surface area contributed by atoms with Gasteiger partial charge in [-0.05, 0) is 24.6 Å². The maximum absolute atomic E-state index is 11.9. The molecule has 2 heterocycles. The lowest BCUT2D eigenvalue weighted by atomic mass is 10.0. The van der Waals surface area contributed by atoms with Crippen molar-refractivity contribution in [2.24, 2.45) is 5.73 Å². The van der Waals surface area contributed by atoms with Crippen LogP contribution in [0.1, 0.15) is 33.3 Å². The lowest BCUT2D eigenvalue weighted by Crippen LogP contribution is -2.24. The number of fused-ring (bicyclic) bond motifs is 3. The third-order valence-corrected chi connectivity index (χ3v) is 3.72. The Morgan fingerprint density at radius 3 is 2.77 bits per heavy atom. The van der Waals surface area contributed by atoms with Crippen LogP contribution < -0.4 is 10.5 Å². The summed E-state index contributed by atoms with van der Waals surface area (Å²) >= 11 is 0. The van der Waals surface area contributed by atoms with Gasteiger partial charge in [0.05, 0.1) is 12.6 Å². The summed E-state index contributed by atoms with van der Waals surface area (Å²) in [6, 6.07) is 3.47. The molecule has 1 aliphatic heterocycles. The number of hydrogen-bond donors (Lipinski definition) is 2. The minimum absolute atomic E-state index is 0. The van der Waals surface area contributed by atoms with Crippen molar-refractivity contribution >= 4 is 35.1 Å². The summed E-state index contributed by atoms with van der Waals surface area (Å²) in [6.07, 6.45) is 0.572. The Morgan fingerprint density at radius 1 is 1.45 bits per heavy atom. The number of H-pyrrole nitrogens is 1. The molecule has 1 unspecified atom stereocenters. The van der Waals surface area contributed by atoms with Gasteiger partial charge >= 0.3 is 5.97 Å². The van der Waals surface area contributed by atoms with Gasteiger partial charge in [-0.25, -0.2) is 4.79 Å². The fraction of sp³-hybridized carbons (Fsp3) is 0.333. The minimum atomic E-state index is -0.483. The average Bonchev–Trinajstić information content (AvgIpc) is 3.08. The van der Waals surface area contributed by atoms with Crippen molar-refractivity contribution in [3.63, 3.8) is 0 Å². The van der Waals surface area contributed by atoms with Crippen molar-refractivity contribution in [3.05, 3.63) is 29.0 Å². The van der Waals surface area contributed by atoms with E-state index in [9.17, 15) is 9.59 Å². The molecule has 0 amide bonds. The van der Waals surface area contributed by atoms with E-state index in [0.29, 0.717) is 40.9 Å². The van der Waals surface area contributed by atoms with Gasteiger partial charge in [0.2, 0.25) is 0 Å². The zero-order chi connectivity index (χ0) is 15.1. The molecule has 3 N–H and O–H groups in total. The van der Waals surface area contributed by atoms with E-state index in [1.165, 1.54) is 14.0 Å². The number of ether oxygens (including phenoxy) is 2. The Morgan fingerprint density at radius 2 is 2.18 bits per heavy atom. The van der Waals surface area contributed by atoms with E-state index in [1.54, 1.807) is 6.07 Å². The van der Waals surface area contributed by atoms with Crippen molar-refractivity contribution < 1.29 is 19.1 Å². The number of esters is 1. The second-order valence-corrected chi connectivity index (χ2v) is 5.11. The molecule has 118 valence electrons. The standard InChI is InChI=1S/C15H16N2O4.ClH/c1-7(18)10-4-8-3-9(6-16)21-14(8)11-5-12(15(19)20-2)17-13(10)11;/h4-5,9,17H,3,6,16H2,1-2H3;1H. The number of methoxy groups -OCH3 is 1. The molecule has 0 saturated carbocycles. The van der Waals surface area contributed by atoms with Gasteiger partial charge in [0, 0.05) is 23.9 Å². The summed E-state index contributed by atoms with van der Waals surface area (Å²) in [5, 5.41) is 0.717. The predicted molar refractivity (Wildman–Crippen MR) is 84.1 cm³/mol. The zero-order valence-electron chi connectivity index (χ0n) is 12.3. The van der Waals surface area contributed by atoms with Crippen LogP contribution in [0.5, 0.6) is 5.75 Å². The van der Waals surface area contributed by atoms with Crippen LogP contribution in [0, 0.1) is 0 Å². The van der Waals surface area contributed by atoms with E-state index in [0.717, 1.165) is 5.56 Å². The number of aromatic nitrogens is 1. The van der Waals surface area contributed by atoms with Crippen LogP contribution >= 0.6 is 12.4 Å². The van der Waals surface area contributed by atoms with Crippen molar-refractivity contribution in [1.82, 2.24) is 4.98 Å². The summed E-state index contributed by atoms with van der Waals surface area (Å²) in [5.74, 6) is 0.136. The van der Waals surface area contributed by atoms with Crippen molar-refractivity contribution in [3.8, 4) is 5.75 Å². The fourth-order valence-corrected chi connectivity index (χ4v) is 2.70. The molecule has 1 aliphatic rings. The highest BCUT2D eigenvalue weighted by Crippen LogP contribution is 2.38. The molecule has 0 spiro atoms. The first-order chi connectivity index (χ1) is 10.0. The van der Waals surface area contributed by atoms with Gasteiger partial charge in [-0.2, -0.15) is 0 Å². The number of nitrogens with two attached hydrogens (primary N) is 1. The first kappa shape index (κ1) is 16.3. The first-order valence-corrected chi connectivity index (χ1v) is 6.69. The molecule has 0 bridgehead atoms. The molecule has 7 heteroatoms. The monoisotopic (exact) mass is 324 g/mol. The minimum Gasteiger partial charge on any atom is -0.488 e. The number of rotatable bonds is 3. The summed E-state index contributed by atoms with van der Waals surface area (Å²) < 4.78 is 10.5. The second kappa shape index (κ2) is 5.98. The smallest absolute Gasteiger partial charge is 0.354 e. The summed E-state index contributed by atoms with van der Waals surface area (Å²) in [6.45, 7) is 1.90. The molecule has 0 radical (unpaired) electrons. The normalized spacial score (nSPS) is 15.9. The Hall–Kier alpha value is -2.05. The summed E-state index contributed by atoms with van der Waals surface area (Å²) in [5.41, 5.74) is 8.03. The molecule has 1 aromatic heterocycles. The Labute approximate surface area is 133 Å². The molecule has 2 aromatic rings. The molecule has 1 atom stereocenters. The van der Waals surface area contributed by atoms with Gasteiger partial charge in [0.15, 0.2) is 5.78 Å². The molecule has 3 rings (SSSR count). The van der Waals surface area contributed by atoms with Crippen LogP contribution in [-0.4, -0.2) is 36.5 Å². The summed E-state index contributed by atoms with van der Waals surface area (Å²) in [7, 11) is 1.31. The van der Waals surface area contributed by atoms with Crippen LogP contribution in [0.25, 0.3) is 10.9 Å². The number of ketones is 1. The van der Waals surface area contributed by atoms with Gasteiger partial charge in [-0.15, -0.1) is 12.4 Å². The third-order valence-electron chi connectivity index (χ3n) is 3.72. The maximum atomic E-state index is 11.9. The van der Waals surface area contributed by atoms with Crippen LogP contribution in [0.3, 0.4) is 0 Å². The van der Waals surface area contributed by atoms with E-state index < -0.39 is 5.97 Å². The van der Waals surface area contributed by atoms with Gasteiger partial charge in [0.1, 0.15) is 17.5 Å². The maximum Gasteiger partial charge on any atom is 0.354 e. The van der Waals surface area contributed by atoms with Crippen LogP contribution in [0.2, 0.25) is 0 Å². The number of nitrogens with one attached hydrogen (secondary N) is 1. The number of carbonyl (C=O) groups is 2. The Kier molecular flexibility index (Phi) is 4.44. The molecule has 22 heavy (non-hydrogen) atoms. The van der Waals surface area contributed by atoms with E-state index in [1.807, 2.05) is 6.07 Å². The van der Waals surface area contributed by atoms with Crippen LogP contribution in [0.15, 0.2) is 12.1 Å². The third kappa shape index (κ3) is 2.44. The largest absolute Gasteiger partial charge is 0.488 e. The lowest BCUT2D eigenvalue weighted by Gasteiger charge is -2.07. The predicted octanol–water partition coefficient (Wildman–Crippen LogP) is 1.84. The molecule has 0 saturated heterocycles. The van der Waals surface area contributed by atoms with E-state index in [-0.39, 0.29) is 24.3 Å². The average molecular weight is 325 g/mol. The van der Waals surface area contributed by atoms with E-state index in [4.69, 9.17) is 15.2 Å². The fourth-order valence-electron chi connectivity index (χ4n) is 2.70. The highest BCUT2D eigenvalue weighted by atomic mass is 35.5. The molecule has 6 nitrogen and oxygen atoms in total. The number of aromatic amines is 1. The van der Waals surface area contributed by atoms with Crippen LogP contribution in [0.4, 0.5) is 0 Å². The van der Waals surface area contributed by atoms with Gasteiger partial charge in [-0.3, -0.25) is 4.79 Å². The van der Waals surface area contributed by atoms with Gasteiger partial charge in [0.25, 0.3) is 0 Å². The van der Waals surface area contributed by atoms with Crippen LogP contribution in [-0.2, 0) is 11.2 Å². The second-order valence-electron chi connectivity index (χ2n) is 5.11. The van der Waals surface area contributed by atoms with Gasteiger partial charge in [-0.1, -0.05) is 0 Å². The number of Topliss-reactive ketones (excluding diaryl/α,β-unsaturated/α-hetero) is 1. The van der Waals surface area contributed by atoms with Crippen molar-refractivity contribution in [2.75, 3.05) is 13.7 Å². The molecular formula is C15H17ClN2O4. The first-order valence-electron chi connectivity index (χ1n) is 6.69. The lowest BCUT2D eigenvalue weighted by molar-refractivity contribution is 0.0595. The van der Waals surface area contributed by atoms with E-state index >= 15 is 0 Å². The molecule has 0 fully saturated rings. The molecule has 1 aromatic carbocycles. The quantitative estimate of drug-likeness (QED) is 0.663. The molecule has 0 aliphatic carbocycles. The van der Waals surface area contributed by atoms with Gasteiger partial charge < -0.3 is 20.2 Å². The van der Waals surface area contributed by atoms with E-state index in [2.05, 4.69) is 4.98 Å². The number of halogens is 1. The molecular weight excluding hydrogens is 308 g/mol. The van der Waals surface area contributed by atoms with Crippen molar-refractivity contribution in [1.29, 1.82) is 0 Å². The summed E-state index contributed by atoms with van der Waals surface area (Å²) in [4.78, 5) is 26.5. The Bertz CT molecular complexity index is 754. The van der Waals surface area contributed by atoms with Crippen molar-refractivity contribution in [2.45, 2.75) is 19.4 Å². The topological polar surface area (TPSA) is 94.4 Å². The zero-order valence-corrected chi connectivity index (χ0v) is 13.1. The Balaban J connectivity index is 0.00000176.